The summed E-state index contributed by atoms with van der Waals surface area (Å²) in [7, 11) is 0. The molecule has 0 spiro atoms. The first-order valence-electron chi connectivity index (χ1n) is 5.11. The van der Waals surface area contributed by atoms with E-state index in [0.717, 1.165) is 11.3 Å². The minimum Gasteiger partial charge on any atom is -0.396 e. The Morgan fingerprint density at radius 2 is 2.24 bits per heavy atom. The Hall–Kier alpha value is -2.30. The molecule has 1 unspecified atom stereocenters. The summed E-state index contributed by atoms with van der Waals surface area (Å²) in [5, 5.41) is 16.9. The number of nitrogens with zero attached hydrogens (tertiary/aromatic N) is 5. The van der Waals surface area contributed by atoms with Gasteiger partial charge in [-0.25, -0.2) is 4.68 Å². The number of azide groups is 1. The van der Waals surface area contributed by atoms with Crippen molar-refractivity contribution in [3.05, 3.63) is 58.7 Å². The Balaban J connectivity index is 2.50. The Morgan fingerprint density at radius 3 is 2.88 bits per heavy atom. The van der Waals surface area contributed by atoms with Gasteiger partial charge in [0.1, 0.15) is 0 Å². The van der Waals surface area contributed by atoms with Crippen LogP contribution < -0.4 is 0 Å². The summed E-state index contributed by atoms with van der Waals surface area (Å²) in [4.78, 5) is 2.74. The van der Waals surface area contributed by atoms with E-state index in [1.165, 1.54) is 0 Å². The van der Waals surface area contributed by atoms with E-state index >= 15 is 0 Å². The summed E-state index contributed by atoms with van der Waals surface area (Å²) in [6.45, 7) is -0.234. The van der Waals surface area contributed by atoms with Crippen LogP contribution >= 0.6 is 0 Å². The minimum atomic E-state index is -0.597. The lowest BCUT2D eigenvalue weighted by Crippen LogP contribution is -2.06. The topological polar surface area (TPSA) is 86.8 Å². The summed E-state index contributed by atoms with van der Waals surface area (Å²) in [6, 6.07) is 8.58. The largest absolute Gasteiger partial charge is 0.396 e. The number of hydrogen-bond donors (Lipinski definition) is 1. The van der Waals surface area contributed by atoms with E-state index in [2.05, 4.69) is 15.1 Å². The maximum absolute atomic E-state index is 9.24. The van der Waals surface area contributed by atoms with E-state index in [-0.39, 0.29) is 6.61 Å². The van der Waals surface area contributed by atoms with E-state index in [1.807, 2.05) is 24.3 Å². The van der Waals surface area contributed by atoms with Crippen molar-refractivity contribution in [3.8, 4) is 5.69 Å². The van der Waals surface area contributed by atoms with Crippen LogP contribution in [0.1, 0.15) is 11.6 Å². The summed E-state index contributed by atoms with van der Waals surface area (Å²) in [6.07, 6.45) is 3.46. The van der Waals surface area contributed by atoms with Gasteiger partial charge in [0, 0.05) is 17.3 Å². The van der Waals surface area contributed by atoms with Gasteiger partial charge in [0.15, 0.2) is 0 Å². The molecule has 0 fully saturated rings. The minimum absolute atomic E-state index is 0.234. The first-order chi connectivity index (χ1) is 8.36. The van der Waals surface area contributed by atoms with Crippen molar-refractivity contribution in [2.75, 3.05) is 6.61 Å². The van der Waals surface area contributed by atoms with Crippen LogP contribution in [0, 0.1) is 0 Å². The maximum Gasteiger partial charge on any atom is 0.0877 e. The highest BCUT2D eigenvalue weighted by molar-refractivity contribution is 5.42. The van der Waals surface area contributed by atoms with Gasteiger partial charge in [0.05, 0.1) is 18.3 Å². The molecule has 0 aliphatic carbocycles. The Kier molecular flexibility index (Phi) is 3.40. The van der Waals surface area contributed by atoms with Crippen molar-refractivity contribution in [1.29, 1.82) is 0 Å². The first kappa shape index (κ1) is 11.2. The normalized spacial score (nSPS) is 11.8. The van der Waals surface area contributed by atoms with Crippen molar-refractivity contribution in [2.24, 2.45) is 5.11 Å². The van der Waals surface area contributed by atoms with E-state index in [9.17, 15) is 5.11 Å². The van der Waals surface area contributed by atoms with E-state index in [0.29, 0.717) is 0 Å². The Labute approximate surface area is 97.8 Å². The Morgan fingerprint density at radius 1 is 1.41 bits per heavy atom. The molecule has 0 aliphatic heterocycles. The third kappa shape index (κ3) is 2.28. The number of aromatic nitrogens is 2. The molecule has 2 rings (SSSR count). The van der Waals surface area contributed by atoms with Crippen molar-refractivity contribution >= 4 is 0 Å². The molecule has 2 aromatic rings. The van der Waals surface area contributed by atoms with Crippen LogP contribution in [0.15, 0.2) is 47.8 Å². The predicted molar refractivity (Wildman–Crippen MR) is 62.5 cm³/mol. The fourth-order valence-electron chi connectivity index (χ4n) is 1.65. The van der Waals surface area contributed by atoms with Crippen LogP contribution in [0.5, 0.6) is 0 Å². The van der Waals surface area contributed by atoms with Gasteiger partial charge in [0.25, 0.3) is 0 Å². The molecule has 0 amide bonds. The molecule has 0 aliphatic rings. The fraction of sp³-hybridized carbons (Fsp3) is 0.182. The number of para-hydroxylation sites is 1. The SMILES string of the molecule is [N-]=[N+]=NC(CO)c1ccccc1-n1cccn1. The smallest absolute Gasteiger partial charge is 0.0877 e. The molecule has 6 nitrogen and oxygen atoms in total. The summed E-state index contributed by atoms with van der Waals surface area (Å²) in [5.41, 5.74) is 10.0. The maximum atomic E-state index is 9.24. The standard InChI is InChI=1S/C11H11N5O/c12-15-14-10(8-17)9-4-1-2-5-11(9)16-7-3-6-13-16/h1-7,10,17H,8H2. The first-order valence-corrected chi connectivity index (χ1v) is 5.11. The number of hydrogen-bond acceptors (Lipinski definition) is 3. The van der Waals surface area contributed by atoms with Gasteiger partial charge in [-0.05, 0) is 23.2 Å². The molecule has 17 heavy (non-hydrogen) atoms. The van der Waals surface area contributed by atoms with Crippen molar-refractivity contribution < 1.29 is 5.11 Å². The molecule has 1 aromatic carbocycles. The zero-order valence-electron chi connectivity index (χ0n) is 9.01. The van der Waals surface area contributed by atoms with E-state index in [1.54, 1.807) is 23.1 Å². The quantitative estimate of drug-likeness (QED) is 0.495. The number of aliphatic hydroxyl groups excluding tert-OH is 1. The highest BCUT2D eigenvalue weighted by Gasteiger charge is 2.13. The molecular weight excluding hydrogens is 218 g/mol. The number of aliphatic hydroxyl groups is 1. The van der Waals surface area contributed by atoms with Crippen molar-refractivity contribution in [1.82, 2.24) is 9.78 Å². The van der Waals surface area contributed by atoms with Gasteiger partial charge in [-0.3, -0.25) is 0 Å². The number of rotatable bonds is 4. The lowest BCUT2D eigenvalue weighted by Gasteiger charge is -2.13. The average Bonchev–Trinajstić information content (AvgIpc) is 2.90. The molecule has 0 bridgehead atoms. The molecule has 0 saturated carbocycles. The van der Waals surface area contributed by atoms with Gasteiger partial charge < -0.3 is 5.11 Å². The molecule has 0 radical (unpaired) electrons. The molecule has 1 aromatic heterocycles. The molecule has 86 valence electrons. The van der Waals surface area contributed by atoms with Gasteiger partial charge in [-0.2, -0.15) is 5.10 Å². The number of benzene rings is 1. The van der Waals surface area contributed by atoms with Crippen LogP contribution in [-0.2, 0) is 0 Å². The molecule has 0 saturated heterocycles. The monoisotopic (exact) mass is 229 g/mol. The predicted octanol–water partition coefficient (Wildman–Crippen LogP) is 2.22. The van der Waals surface area contributed by atoms with Gasteiger partial charge >= 0.3 is 0 Å². The third-order valence-electron chi connectivity index (χ3n) is 2.41. The van der Waals surface area contributed by atoms with Crippen LogP contribution in [0.2, 0.25) is 0 Å². The zero-order chi connectivity index (χ0) is 12.1. The van der Waals surface area contributed by atoms with Gasteiger partial charge in [0.2, 0.25) is 0 Å². The average molecular weight is 229 g/mol. The summed E-state index contributed by atoms with van der Waals surface area (Å²) in [5.74, 6) is 0. The van der Waals surface area contributed by atoms with Crippen LogP contribution in [0.25, 0.3) is 16.1 Å². The van der Waals surface area contributed by atoms with Gasteiger partial charge in [-0.15, -0.1) is 0 Å². The third-order valence-corrected chi connectivity index (χ3v) is 2.41. The fourth-order valence-corrected chi connectivity index (χ4v) is 1.65. The molecule has 1 N–H and O–H groups in total. The lowest BCUT2D eigenvalue weighted by molar-refractivity contribution is 0.267. The summed E-state index contributed by atoms with van der Waals surface area (Å²) < 4.78 is 1.67. The Bertz CT molecular complexity index is 531. The summed E-state index contributed by atoms with van der Waals surface area (Å²) >= 11 is 0. The zero-order valence-corrected chi connectivity index (χ0v) is 9.01. The van der Waals surface area contributed by atoms with E-state index in [4.69, 9.17) is 5.53 Å². The van der Waals surface area contributed by atoms with E-state index < -0.39 is 6.04 Å². The second-order valence-electron chi connectivity index (χ2n) is 3.41. The molecule has 6 heteroatoms. The molecular formula is C11H11N5O. The van der Waals surface area contributed by atoms with Crippen molar-refractivity contribution in [3.63, 3.8) is 0 Å². The van der Waals surface area contributed by atoms with Crippen molar-refractivity contribution in [2.45, 2.75) is 6.04 Å². The second-order valence-corrected chi connectivity index (χ2v) is 3.41. The highest BCUT2D eigenvalue weighted by atomic mass is 16.3. The highest BCUT2D eigenvalue weighted by Crippen LogP contribution is 2.23. The lowest BCUT2D eigenvalue weighted by atomic mass is 10.1. The molecule has 1 atom stereocenters. The second kappa shape index (κ2) is 5.16. The molecule has 1 heterocycles. The van der Waals surface area contributed by atoms with Gasteiger partial charge in [-0.1, -0.05) is 23.3 Å². The van der Waals surface area contributed by atoms with Crippen LogP contribution in [-0.4, -0.2) is 21.5 Å². The van der Waals surface area contributed by atoms with Crippen LogP contribution in [0.4, 0.5) is 0 Å². The van der Waals surface area contributed by atoms with Crippen LogP contribution in [0.3, 0.4) is 0 Å².